The lowest BCUT2D eigenvalue weighted by molar-refractivity contribution is -0.135. The zero-order valence-electron chi connectivity index (χ0n) is 11.3. The van der Waals surface area contributed by atoms with Crippen LogP contribution in [0.15, 0.2) is 35.4 Å². The van der Waals surface area contributed by atoms with Gasteiger partial charge in [-0.1, -0.05) is 30.3 Å². The van der Waals surface area contributed by atoms with Gasteiger partial charge in [-0.2, -0.15) is 0 Å². The molecule has 6 nitrogen and oxygen atoms in total. The second-order valence-electron chi connectivity index (χ2n) is 4.55. The predicted molar refractivity (Wildman–Crippen MR) is 73.5 cm³/mol. The summed E-state index contributed by atoms with van der Waals surface area (Å²) in [7, 11) is 0. The number of hydrogen-bond acceptors (Lipinski definition) is 4. The van der Waals surface area contributed by atoms with Gasteiger partial charge in [0.25, 0.3) is 0 Å². The molecule has 6 heteroatoms. The van der Waals surface area contributed by atoms with Crippen LogP contribution < -0.4 is 5.73 Å². The highest BCUT2D eigenvalue weighted by Crippen LogP contribution is 2.50. The third kappa shape index (κ3) is 2.64. The zero-order chi connectivity index (χ0) is 14.6. The zero-order valence-corrected chi connectivity index (χ0v) is 11.3. The molecule has 1 aliphatic rings. The maximum absolute atomic E-state index is 11.5. The molecule has 0 atom stereocenters. The first-order valence-electron chi connectivity index (χ1n) is 6.45. The first-order chi connectivity index (χ1) is 9.64. The van der Waals surface area contributed by atoms with E-state index in [-0.39, 0.29) is 12.4 Å². The van der Waals surface area contributed by atoms with Gasteiger partial charge in [-0.3, -0.25) is 4.79 Å². The summed E-state index contributed by atoms with van der Waals surface area (Å²) >= 11 is 0. The number of amides is 1. The number of rotatable bonds is 5. The normalized spacial score (nSPS) is 16.4. The molecular formula is C14H17N3O3. The molecule has 0 spiro atoms. The third-order valence-electron chi connectivity index (χ3n) is 3.27. The largest absolute Gasteiger partial charge is 0.460 e. The van der Waals surface area contributed by atoms with Crippen molar-refractivity contribution in [2.45, 2.75) is 25.3 Å². The Labute approximate surface area is 117 Å². The molecule has 106 valence electrons. The summed E-state index contributed by atoms with van der Waals surface area (Å²) in [5.74, 6) is -1.04. The maximum Gasteiger partial charge on any atom is 0.375 e. The molecule has 1 amide bonds. The molecule has 0 radical (unpaired) electrons. The molecule has 0 aromatic heterocycles. The number of hydrazone groups is 1. The SMILES string of the molecule is CCOC(=O)/C(N)=N/N(C=O)C1(c2ccccc2)CC1. The Kier molecular flexibility index (Phi) is 4.02. The summed E-state index contributed by atoms with van der Waals surface area (Å²) < 4.78 is 4.75. The van der Waals surface area contributed by atoms with Crippen molar-refractivity contribution >= 4 is 18.2 Å². The molecule has 1 aromatic carbocycles. The van der Waals surface area contributed by atoms with Crippen molar-refractivity contribution in [2.24, 2.45) is 10.8 Å². The Morgan fingerprint density at radius 3 is 2.60 bits per heavy atom. The van der Waals surface area contributed by atoms with E-state index in [0.717, 1.165) is 18.4 Å². The lowest BCUT2D eigenvalue weighted by Gasteiger charge is -2.24. The Hall–Kier alpha value is -2.37. The van der Waals surface area contributed by atoms with Gasteiger partial charge < -0.3 is 10.5 Å². The highest BCUT2D eigenvalue weighted by atomic mass is 16.5. The number of carbonyl (C=O) groups excluding carboxylic acids is 2. The van der Waals surface area contributed by atoms with Crippen LogP contribution in [0.25, 0.3) is 0 Å². The number of carbonyl (C=O) groups is 2. The first kappa shape index (κ1) is 14.0. The number of ether oxygens (including phenoxy) is 1. The van der Waals surface area contributed by atoms with Gasteiger partial charge in [-0.15, -0.1) is 5.10 Å². The molecule has 20 heavy (non-hydrogen) atoms. The standard InChI is InChI=1S/C14H17N3O3/c1-2-20-13(19)12(15)16-17(10-18)14(8-9-14)11-6-4-3-5-7-11/h3-7,10H,2,8-9H2,1H3,(H2,15,16). The minimum Gasteiger partial charge on any atom is -0.460 e. The van der Waals surface area contributed by atoms with Crippen LogP contribution in [-0.4, -0.2) is 29.8 Å². The fraction of sp³-hybridized carbons (Fsp3) is 0.357. The van der Waals surface area contributed by atoms with Crippen molar-refractivity contribution in [1.29, 1.82) is 0 Å². The van der Waals surface area contributed by atoms with Crippen LogP contribution in [0.3, 0.4) is 0 Å². The molecule has 0 aliphatic heterocycles. The Bertz CT molecular complexity index is 524. The number of hydrogen-bond donors (Lipinski definition) is 1. The quantitative estimate of drug-likeness (QED) is 0.285. The molecule has 1 saturated carbocycles. The average Bonchev–Trinajstić information content (AvgIpc) is 3.27. The van der Waals surface area contributed by atoms with Crippen LogP contribution in [0.5, 0.6) is 0 Å². The fourth-order valence-corrected chi connectivity index (χ4v) is 2.10. The summed E-state index contributed by atoms with van der Waals surface area (Å²) in [6.07, 6.45) is 2.16. The van der Waals surface area contributed by atoms with Crippen molar-refractivity contribution in [3.8, 4) is 0 Å². The average molecular weight is 275 g/mol. The van der Waals surface area contributed by atoms with E-state index in [1.165, 1.54) is 5.01 Å². The molecule has 1 aromatic rings. The second-order valence-corrected chi connectivity index (χ2v) is 4.55. The van der Waals surface area contributed by atoms with Gasteiger partial charge in [0.1, 0.15) is 0 Å². The summed E-state index contributed by atoms with van der Waals surface area (Å²) in [5, 5.41) is 5.13. The van der Waals surface area contributed by atoms with Crippen LogP contribution in [0.2, 0.25) is 0 Å². The van der Waals surface area contributed by atoms with Crippen molar-refractivity contribution < 1.29 is 14.3 Å². The monoisotopic (exact) mass is 275 g/mol. The van der Waals surface area contributed by atoms with Crippen molar-refractivity contribution in [3.05, 3.63) is 35.9 Å². The number of benzene rings is 1. The molecule has 0 heterocycles. The lowest BCUT2D eigenvalue weighted by atomic mass is 10.1. The molecule has 1 aliphatic carbocycles. The van der Waals surface area contributed by atoms with Gasteiger partial charge in [-0.25, -0.2) is 9.80 Å². The third-order valence-corrected chi connectivity index (χ3v) is 3.27. The van der Waals surface area contributed by atoms with Crippen LogP contribution in [0.1, 0.15) is 25.3 Å². The van der Waals surface area contributed by atoms with E-state index in [9.17, 15) is 9.59 Å². The van der Waals surface area contributed by atoms with Gasteiger partial charge in [0, 0.05) is 0 Å². The predicted octanol–water partition coefficient (Wildman–Crippen LogP) is 0.969. The molecule has 2 rings (SSSR count). The van der Waals surface area contributed by atoms with Crippen LogP contribution in [-0.2, 0) is 19.9 Å². The molecule has 0 unspecified atom stereocenters. The highest BCUT2D eigenvalue weighted by Gasteiger charge is 2.50. The summed E-state index contributed by atoms with van der Waals surface area (Å²) in [5.41, 5.74) is 6.05. The van der Waals surface area contributed by atoms with Crippen LogP contribution in [0.4, 0.5) is 0 Å². The fourth-order valence-electron chi connectivity index (χ4n) is 2.10. The minimum absolute atomic E-state index is 0.208. The Morgan fingerprint density at radius 1 is 1.45 bits per heavy atom. The van der Waals surface area contributed by atoms with Gasteiger partial charge in [0.05, 0.1) is 12.1 Å². The van der Waals surface area contributed by atoms with E-state index >= 15 is 0 Å². The van der Waals surface area contributed by atoms with Crippen molar-refractivity contribution in [3.63, 3.8) is 0 Å². The van der Waals surface area contributed by atoms with Crippen molar-refractivity contribution in [2.75, 3.05) is 6.61 Å². The van der Waals surface area contributed by atoms with Gasteiger partial charge in [-0.05, 0) is 25.3 Å². The topological polar surface area (TPSA) is 85.0 Å². The second kappa shape index (κ2) is 5.73. The van der Waals surface area contributed by atoms with Crippen LogP contribution >= 0.6 is 0 Å². The Morgan fingerprint density at radius 2 is 2.10 bits per heavy atom. The van der Waals surface area contributed by atoms with E-state index in [1.807, 2.05) is 30.3 Å². The number of amidine groups is 1. The van der Waals surface area contributed by atoms with E-state index in [0.29, 0.717) is 6.41 Å². The number of nitrogens with two attached hydrogens (primary N) is 1. The molecule has 1 fully saturated rings. The smallest absolute Gasteiger partial charge is 0.375 e. The molecular weight excluding hydrogens is 258 g/mol. The maximum atomic E-state index is 11.5. The van der Waals surface area contributed by atoms with Gasteiger partial charge in [0.15, 0.2) is 0 Å². The summed E-state index contributed by atoms with van der Waals surface area (Å²) in [4.78, 5) is 22.7. The van der Waals surface area contributed by atoms with E-state index < -0.39 is 11.5 Å². The highest BCUT2D eigenvalue weighted by molar-refractivity contribution is 6.34. The molecule has 0 saturated heterocycles. The van der Waals surface area contributed by atoms with E-state index in [4.69, 9.17) is 10.5 Å². The number of nitrogens with zero attached hydrogens (tertiary/aromatic N) is 2. The van der Waals surface area contributed by atoms with Crippen molar-refractivity contribution in [1.82, 2.24) is 5.01 Å². The Balaban J connectivity index is 2.23. The molecule has 0 bridgehead atoms. The summed E-state index contributed by atoms with van der Waals surface area (Å²) in [6, 6.07) is 9.56. The van der Waals surface area contributed by atoms with Crippen LogP contribution in [0, 0.1) is 0 Å². The summed E-state index contributed by atoms with van der Waals surface area (Å²) in [6.45, 7) is 1.88. The molecule has 2 N–H and O–H groups in total. The van der Waals surface area contributed by atoms with Gasteiger partial charge >= 0.3 is 5.97 Å². The number of esters is 1. The van der Waals surface area contributed by atoms with E-state index in [2.05, 4.69) is 5.10 Å². The lowest BCUT2D eigenvalue weighted by Crippen LogP contribution is -2.35. The minimum atomic E-state index is -0.719. The first-order valence-corrected chi connectivity index (χ1v) is 6.45. The van der Waals surface area contributed by atoms with E-state index in [1.54, 1.807) is 6.92 Å². The van der Waals surface area contributed by atoms with Gasteiger partial charge in [0.2, 0.25) is 12.2 Å².